The third kappa shape index (κ3) is 1.32. The number of fused-ring (bicyclic) bond motifs is 1. The number of anilines is 1. The molecule has 0 aromatic carbocycles. The summed E-state index contributed by atoms with van der Waals surface area (Å²) in [7, 11) is 1.77. The van der Waals surface area contributed by atoms with Crippen molar-refractivity contribution in [1.82, 2.24) is 9.97 Å². The Morgan fingerprint density at radius 1 is 1.50 bits per heavy atom. The molecule has 2 aromatic rings. The third-order valence-corrected chi connectivity index (χ3v) is 4.16. The summed E-state index contributed by atoms with van der Waals surface area (Å²) >= 11 is 1.48. The molecule has 1 aliphatic carbocycles. The summed E-state index contributed by atoms with van der Waals surface area (Å²) in [5.74, 6) is 0. The molecule has 0 saturated heterocycles. The SMILES string of the molecule is COC1(c2cnc3nc(N)sc3c2)CCC1. The van der Waals surface area contributed by atoms with Crippen molar-refractivity contribution in [2.45, 2.75) is 24.9 Å². The first-order valence-electron chi connectivity index (χ1n) is 5.31. The minimum absolute atomic E-state index is 0.111. The van der Waals surface area contributed by atoms with E-state index >= 15 is 0 Å². The van der Waals surface area contributed by atoms with Crippen molar-refractivity contribution in [1.29, 1.82) is 0 Å². The summed E-state index contributed by atoms with van der Waals surface area (Å²) < 4.78 is 6.67. The molecule has 0 spiro atoms. The minimum atomic E-state index is -0.111. The van der Waals surface area contributed by atoms with Crippen LogP contribution >= 0.6 is 11.3 Å². The van der Waals surface area contributed by atoms with E-state index in [-0.39, 0.29) is 5.60 Å². The fourth-order valence-electron chi connectivity index (χ4n) is 2.19. The minimum Gasteiger partial charge on any atom is -0.375 e. The molecule has 0 amide bonds. The fraction of sp³-hybridized carbons (Fsp3) is 0.455. The Morgan fingerprint density at radius 2 is 2.31 bits per heavy atom. The maximum atomic E-state index is 5.66. The van der Waals surface area contributed by atoms with Gasteiger partial charge >= 0.3 is 0 Å². The summed E-state index contributed by atoms with van der Waals surface area (Å²) in [6.07, 6.45) is 5.23. The molecule has 3 rings (SSSR count). The van der Waals surface area contributed by atoms with Crippen molar-refractivity contribution in [3.05, 3.63) is 17.8 Å². The number of nitrogen functional groups attached to an aromatic ring is 1. The summed E-state index contributed by atoms with van der Waals surface area (Å²) in [5, 5.41) is 0.569. The van der Waals surface area contributed by atoms with Gasteiger partial charge in [0.2, 0.25) is 0 Å². The van der Waals surface area contributed by atoms with Crippen LogP contribution in [0.4, 0.5) is 5.13 Å². The Morgan fingerprint density at radius 3 is 2.94 bits per heavy atom. The molecule has 2 heterocycles. The van der Waals surface area contributed by atoms with Gasteiger partial charge in [-0.1, -0.05) is 11.3 Å². The lowest BCUT2D eigenvalue weighted by atomic mass is 9.75. The Hall–Kier alpha value is -1.20. The first-order valence-corrected chi connectivity index (χ1v) is 6.13. The van der Waals surface area contributed by atoms with Gasteiger partial charge in [0.25, 0.3) is 0 Å². The Bertz CT molecular complexity index is 527. The number of pyridine rings is 1. The number of nitrogens with two attached hydrogens (primary N) is 1. The molecule has 4 nitrogen and oxygen atoms in total. The second-order valence-corrected chi connectivity index (χ2v) is 5.21. The van der Waals surface area contributed by atoms with Gasteiger partial charge in [-0.3, -0.25) is 0 Å². The monoisotopic (exact) mass is 235 g/mol. The second kappa shape index (κ2) is 3.40. The van der Waals surface area contributed by atoms with Gasteiger partial charge in [0.1, 0.15) is 0 Å². The second-order valence-electron chi connectivity index (χ2n) is 4.15. The van der Waals surface area contributed by atoms with Gasteiger partial charge in [-0.15, -0.1) is 0 Å². The zero-order chi connectivity index (χ0) is 11.2. The highest BCUT2D eigenvalue weighted by Crippen LogP contribution is 2.44. The van der Waals surface area contributed by atoms with Crippen molar-refractivity contribution in [2.75, 3.05) is 12.8 Å². The average Bonchev–Trinajstić information content (AvgIpc) is 2.56. The van der Waals surface area contributed by atoms with Crippen LogP contribution in [0.1, 0.15) is 24.8 Å². The van der Waals surface area contributed by atoms with Gasteiger partial charge in [0, 0.05) is 18.9 Å². The van der Waals surface area contributed by atoms with Gasteiger partial charge in [-0.25, -0.2) is 9.97 Å². The molecule has 2 aromatic heterocycles. The van der Waals surface area contributed by atoms with Gasteiger partial charge < -0.3 is 10.5 Å². The smallest absolute Gasteiger partial charge is 0.182 e. The third-order valence-electron chi connectivity index (χ3n) is 3.34. The zero-order valence-corrected chi connectivity index (χ0v) is 9.88. The topological polar surface area (TPSA) is 61.0 Å². The Kier molecular flexibility index (Phi) is 2.12. The highest BCUT2D eigenvalue weighted by molar-refractivity contribution is 7.22. The maximum absolute atomic E-state index is 5.66. The van der Waals surface area contributed by atoms with Crippen LogP contribution in [0.5, 0.6) is 0 Å². The number of thiazole rings is 1. The highest BCUT2D eigenvalue weighted by Gasteiger charge is 2.39. The van der Waals surface area contributed by atoms with Crippen LogP contribution in [-0.4, -0.2) is 17.1 Å². The molecule has 0 aliphatic heterocycles. The number of ether oxygens (including phenoxy) is 1. The van der Waals surface area contributed by atoms with Gasteiger partial charge in [-0.2, -0.15) is 0 Å². The van der Waals surface area contributed by atoms with Crippen LogP contribution in [0.15, 0.2) is 12.3 Å². The molecule has 16 heavy (non-hydrogen) atoms. The first-order chi connectivity index (χ1) is 7.73. The molecule has 5 heteroatoms. The van der Waals surface area contributed by atoms with Crippen LogP contribution < -0.4 is 5.73 Å². The lowest BCUT2D eigenvalue weighted by Crippen LogP contribution is -2.36. The average molecular weight is 235 g/mol. The van der Waals surface area contributed by atoms with E-state index in [2.05, 4.69) is 16.0 Å². The molecule has 0 atom stereocenters. The van der Waals surface area contributed by atoms with Crippen molar-refractivity contribution in [3.63, 3.8) is 0 Å². The normalized spacial score (nSPS) is 18.6. The molecular formula is C11H13N3OS. The molecule has 0 radical (unpaired) electrons. The van der Waals surface area contributed by atoms with Gasteiger partial charge in [-0.05, 0) is 25.3 Å². The molecule has 1 fully saturated rings. The molecule has 0 unspecified atom stereocenters. The highest BCUT2D eigenvalue weighted by atomic mass is 32.1. The van der Waals surface area contributed by atoms with E-state index in [4.69, 9.17) is 10.5 Å². The standard InChI is InChI=1S/C11H13N3OS/c1-15-11(3-2-4-11)7-5-8-9(13-6-7)14-10(12)16-8/h5-6H,2-4H2,1H3,(H2,12,13,14). The van der Waals surface area contributed by atoms with Crippen LogP contribution in [-0.2, 0) is 10.3 Å². The number of nitrogens with zero attached hydrogens (tertiary/aromatic N) is 2. The number of rotatable bonds is 2. The van der Waals surface area contributed by atoms with Crippen LogP contribution in [0.2, 0.25) is 0 Å². The van der Waals surface area contributed by atoms with E-state index in [0.29, 0.717) is 5.13 Å². The summed E-state index contributed by atoms with van der Waals surface area (Å²) in [5.41, 5.74) is 7.44. The Balaban J connectivity index is 2.10. The van der Waals surface area contributed by atoms with Crippen molar-refractivity contribution < 1.29 is 4.74 Å². The molecule has 2 N–H and O–H groups in total. The number of hydrogen-bond acceptors (Lipinski definition) is 5. The molecular weight excluding hydrogens is 222 g/mol. The summed E-state index contributed by atoms with van der Waals surface area (Å²) in [6, 6.07) is 2.11. The van der Waals surface area contributed by atoms with E-state index in [0.717, 1.165) is 28.8 Å². The largest absolute Gasteiger partial charge is 0.375 e. The van der Waals surface area contributed by atoms with Crippen LogP contribution in [0.3, 0.4) is 0 Å². The summed E-state index contributed by atoms with van der Waals surface area (Å²) in [6.45, 7) is 0. The molecule has 1 aliphatic rings. The first kappa shape index (κ1) is 9.99. The molecule has 84 valence electrons. The Labute approximate surface area is 97.5 Å². The molecule has 0 bridgehead atoms. The lowest BCUT2D eigenvalue weighted by molar-refractivity contribution is -0.0779. The lowest BCUT2D eigenvalue weighted by Gasteiger charge is -2.40. The van der Waals surface area contributed by atoms with Crippen molar-refractivity contribution in [3.8, 4) is 0 Å². The summed E-state index contributed by atoms with van der Waals surface area (Å²) in [4.78, 5) is 8.49. The predicted octanol–water partition coefficient (Wildman–Crippen LogP) is 2.30. The number of hydrogen-bond donors (Lipinski definition) is 1. The molecule has 1 saturated carbocycles. The van der Waals surface area contributed by atoms with E-state index in [9.17, 15) is 0 Å². The van der Waals surface area contributed by atoms with Crippen LogP contribution in [0.25, 0.3) is 10.3 Å². The van der Waals surface area contributed by atoms with Crippen molar-refractivity contribution in [2.24, 2.45) is 0 Å². The zero-order valence-electron chi connectivity index (χ0n) is 9.06. The number of methoxy groups -OCH3 is 1. The van der Waals surface area contributed by atoms with Gasteiger partial charge in [0.15, 0.2) is 10.8 Å². The van der Waals surface area contributed by atoms with E-state index < -0.39 is 0 Å². The van der Waals surface area contributed by atoms with Gasteiger partial charge in [0.05, 0.1) is 10.3 Å². The quantitative estimate of drug-likeness (QED) is 0.867. The van der Waals surface area contributed by atoms with E-state index in [1.54, 1.807) is 7.11 Å². The van der Waals surface area contributed by atoms with Crippen LogP contribution in [0, 0.1) is 0 Å². The van der Waals surface area contributed by atoms with E-state index in [1.807, 2.05) is 6.20 Å². The van der Waals surface area contributed by atoms with E-state index in [1.165, 1.54) is 17.8 Å². The maximum Gasteiger partial charge on any atom is 0.182 e. The fourth-order valence-corrected chi connectivity index (χ4v) is 2.93. The predicted molar refractivity (Wildman–Crippen MR) is 64.4 cm³/mol. The van der Waals surface area contributed by atoms with Crippen molar-refractivity contribution >= 4 is 26.8 Å². The number of aromatic nitrogens is 2.